The molecule has 0 radical (unpaired) electrons. The molecule has 0 aliphatic heterocycles. The second-order valence-corrected chi connectivity index (χ2v) is 5.82. The number of carbonyl (C=O) groups is 2. The lowest BCUT2D eigenvalue weighted by Gasteiger charge is -2.12. The summed E-state index contributed by atoms with van der Waals surface area (Å²) >= 11 is 0. The summed E-state index contributed by atoms with van der Waals surface area (Å²) in [4.78, 5) is 24.7. The zero-order valence-corrected chi connectivity index (χ0v) is 15.3. The largest absolute Gasteiger partial charge is 0.497 e. The van der Waals surface area contributed by atoms with E-state index >= 15 is 0 Å². The van der Waals surface area contributed by atoms with Crippen LogP contribution in [0.1, 0.15) is 16.1 Å². The Labute approximate surface area is 162 Å². The van der Waals surface area contributed by atoms with Crippen molar-refractivity contribution < 1.29 is 23.5 Å². The molecular weight excluding hydrogens is 360 g/mol. The van der Waals surface area contributed by atoms with Crippen LogP contribution in [0.15, 0.2) is 71.3 Å². The first-order valence-corrected chi connectivity index (χ1v) is 8.62. The van der Waals surface area contributed by atoms with Gasteiger partial charge in [-0.25, -0.2) is 0 Å². The van der Waals surface area contributed by atoms with Gasteiger partial charge >= 0.3 is 0 Å². The van der Waals surface area contributed by atoms with E-state index in [4.69, 9.17) is 13.9 Å². The molecule has 0 unspecified atom stereocenters. The van der Waals surface area contributed by atoms with E-state index in [1.165, 1.54) is 0 Å². The van der Waals surface area contributed by atoms with Crippen LogP contribution in [0.4, 0.5) is 5.69 Å². The lowest BCUT2D eigenvalue weighted by atomic mass is 10.1. The smallest absolute Gasteiger partial charge is 0.262 e. The van der Waals surface area contributed by atoms with Gasteiger partial charge in [-0.1, -0.05) is 12.1 Å². The van der Waals surface area contributed by atoms with Crippen LogP contribution in [-0.2, 0) is 11.3 Å². The summed E-state index contributed by atoms with van der Waals surface area (Å²) in [7, 11) is 1.57. The molecule has 1 heterocycles. The van der Waals surface area contributed by atoms with Gasteiger partial charge in [0.1, 0.15) is 17.3 Å². The SMILES string of the molecule is COc1ccc(OCC(=O)Nc2ccccc2C(=O)NCc2ccco2)cc1. The van der Waals surface area contributed by atoms with Crippen molar-refractivity contribution in [3.63, 3.8) is 0 Å². The van der Waals surface area contributed by atoms with E-state index in [2.05, 4.69) is 10.6 Å². The Balaban J connectivity index is 1.57. The molecule has 0 aliphatic rings. The third-order valence-electron chi connectivity index (χ3n) is 3.88. The third kappa shape index (κ3) is 5.14. The van der Waals surface area contributed by atoms with Crippen molar-refractivity contribution in [3.8, 4) is 11.5 Å². The quantitative estimate of drug-likeness (QED) is 0.626. The summed E-state index contributed by atoms with van der Waals surface area (Å²) in [5, 5.41) is 5.46. The Hall–Kier alpha value is -3.74. The minimum atomic E-state index is -0.373. The number of amides is 2. The van der Waals surface area contributed by atoms with Crippen LogP contribution in [0, 0.1) is 0 Å². The fraction of sp³-hybridized carbons (Fsp3) is 0.143. The molecule has 2 amide bonds. The Kier molecular flexibility index (Phi) is 6.30. The molecule has 3 rings (SSSR count). The van der Waals surface area contributed by atoms with Gasteiger partial charge in [0.15, 0.2) is 6.61 Å². The van der Waals surface area contributed by atoms with Crippen LogP contribution in [-0.4, -0.2) is 25.5 Å². The van der Waals surface area contributed by atoms with E-state index in [0.29, 0.717) is 28.5 Å². The minimum Gasteiger partial charge on any atom is -0.497 e. The summed E-state index contributed by atoms with van der Waals surface area (Å²) < 4.78 is 15.7. The molecule has 1 aromatic heterocycles. The van der Waals surface area contributed by atoms with Crippen LogP contribution in [0.2, 0.25) is 0 Å². The van der Waals surface area contributed by atoms with Gasteiger partial charge in [0.05, 0.1) is 31.2 Å². The summed E-state index contributed by atoms with van der Waals surface area (Å²) in [6, 6.07) is 17.2. The molecule has 2 N–H and O–H groups in total. The lowest BCUT2D eigenvalue weighted by molar-refractivity contribution is -0.118. The average molecular weight is 380 g/mol. The number of rotatable bonds is 8. The van der Waals surface area contributed by atoms with E-state index in [9.17, 15) is 9.59 Å². The number of nitrogens with one attached hydrogen (secondary N) is 2. The fourth-order valence-corrected chi connectivity index (χ4v) is 2.47. The molecule has 0 saturated carbocycles. The van der Waals surface area contributed by atoms with Crippen molar-refractivity contribution in [1.82, 2.24) is 5.32 Å². The Bertz CT molecular complexity index is 920. The van der Waals surface area contributed by atoms with Crippen LogP contribution in [0.5, 0.6) is 11.5 Å². The van der Waals surface area contributed by atoms with E-state index in [1.54, 1.807) is 74.0 Å². The summed E-state index contributed by atoms with van der Waals surface area (Å²) in [5.41, 5.74) is 0.759. The maximum absolute atomic E-state index is 12.4. The molecule has 2 aromatic carbocycles. The Morgan fingerprint density at radius 1 is 0.964 bits per heavy atom. The van der Waals surface area contributed by atoms with Crippen molar-refractivity contribution >= 4 is 17.5 Å². The maximum atomic E-state index is 12.4. The molecule has 0 aliphatic carbocycles. The Morgan fingerprint density at radius 3 is 2.43 bits per heavy atom. The molecule has 0 bridgehead atoms. The summed E-state index contributed by atoms with van der Waals surface area (Å²) in [6.45, 7) is 0.0728. The number of carbonyl (C=O) groups excluding carboxylic acids is 2. The first kappa shape index (κ1) is 19.0. The number of hydrogen-bond donors (Lipinski definition) is 2. The van der Waals surface area contributed by atoms with Crippen LogP contribution < -0.4 is 20.1 Å². The molecule has 0 fully saturated rings. The van der Waals surface area contributed by atoms with Gasteiger partial charge in [0.2, 0.25) is 0 Å². The van der Waals surface area contributed by atoms with Crippen molar-refractivity contribution in [2.75, 3.05) is 19.0 Å². The van der Waals surface area contributed by atoms with Gasteiger partial charge in [-0.2, -0.15) is 0 Å². The van der Waals surface area contributed by atoms with Gasteiger partial charge in [0.25, 0.3) is 11.8 Å². The number of hydrogen-bond acceptors (Lipinski definition) is 5. The highest BCUT2D eigenvalue weighted by Gasteiger charge is 2.13. The number of methoxy groups -OCH3 is 1. The van der Waals surface area contributed by atoms with Gasteiger partial charge in [-0.3, -0.25) is 9.59 Å². The average Bonchev–Trinajstić information content (AvgIpc) is 3.25. The predicted octanol–water partition coefficient (Wildman–Crippen LogP) is 3.24. The van der Waals surface area contributed by atoms with Crippen molar-refractivity contribution in [3.05, 3.63) is 78.3 Å². The van der Waals surface area contributed by atoms with Crippen LogP contribution in [0.25, 0.3) is 0 Å². The number of furan rings is 1. The van der Waals surface area contributed by atoms with Crippen molar-refractivity contribution in [2.45, 2.75) is 6.54 Å². The lowest BCUT2D eigenvalue weighted by Crippen LogP contribution is -2.26. The number of ether oxygens (including phenoxy) is 2. The fourth-order valence-electron chi connectivity index (χ4n) is 2.47. The Morgan fingerprint density at radius 2 is 1.71 bits per heavy atom. The van der Waals surface area contributed by atoms with Gasteiger partial charge in [-0.05, 0) is 48.5 Å². The number of para-hydroxylation sites is 1. The second-order valence-electron chi connectivity index (χ2n) is 5.82. The van der Waals surface area contributed by atoms with Crippen molar-refractivity contribution in [1.29, 1.82) is 0 Å². The highest BCUT2D eigenvalue weighted by Crippen LogP contribution is 2.18. The summed E-state index contributed by atoms with van der Waals surface area (Å²) in [6.07, 6.45) is 1.54. The monoisotopic (exact) mass is 380 g/mol. The van der Waals surface area contributed by atoms with E-state index in [1.807, 2.05) is 0 Å². The van der Waals surface area contributed by atoms with Crippen molar-refractivity contribution in [2.24, 2.45) is 0 Å². The maximum Gasteiger partial charge on any atom is 0.262 e. The molecular formula is C21H20N2O5. The first-order valence-electron chi connectivity index (χ1n) is 8.62. The highest BCUT2D eigenvalue weighted by atomic mass is 16.5. The molecule has 144 valence electrons. The molecule has 7 nitrogen and oxygen atoms in total. The zero-order chi connectivity index (χ0) is 19.8. The predicted molar refractivity (Wildman–Crippen MR) is 103 cm³/mol. The minimum absolute atomic E-state index is 0.186. The summed E-state index contributed by atoms with van der Waals surface area (Å²) in [5.74, 6) is 1.19. The van der Waals surface area contributed by atoms with E-state index in [-0.39, 0.29) is 25.0 Å². The first-order chi connectivity index (χ1) is 13.7. The van der Waals surface area contributed by atoms with E-state index in [0.717, 1.165) is 0 Å². The van der Waals surface area contributed by atoms with Gasteiger partial charge in [0, 0.05) is 0 Å². The molecule has 0 saturated heterocycles. The van der Waals surface area contributed by atoms with Gasteiger partial charge < -0.3 is 24.5 Å². The number of benzene rings is 2. The standard InChI is InChI=1S/C21H20N2O5/c1-26-15-8-10-16(11-9-15)28-14-20(24)23-19-7-3-2-6-18(19)21(25)22-13-17-5-4-12-27-17/h2-12H,13-14H2,1H3,(H,22,25)(H,23,24). The third-order valence-corrected chi connectivity index (χ3v) is 3.88. The molecule has 0 atom stereocenters. The normalized spacial score (nSPS) is 10.2. The van der Waals surface area contributed by atoms with E-state index < -0.39 is 0 Å². The van der Waals surface area contributed by atoms with Crippen LogP contribution >= 0.6 is 0 Å². The number of anilines is 1. The molecule has 28 heavy (non-hydrogen) atoms. The van der Waals surface area contributed by atoms with Crippen LogP contribution in [0.3, 0.4) is 0 Å². The topological polar surface area (TPSA) is 89.8 Å². The van der Waals surface area contributed by atoms with Gasteiger partial charge in [-0.15, -0.1) is 0 Å². The highest BCUT2D eigenvalue weighted by molar-refractivity contribution is 6.03. The molecule has 7 heteroatoms. The zero-order valence-electron chi connectivity index (χ0n) is 15.3. The molecule has 0 spiro atoms. The second kappa shape index (κ2) is 9.27. The molecule has 3 aromatic rings.